The predicted molar refractivity (Wildman–Crippen MR) is 121 cm³/mol. The smallest absolute Gasteiger partial charge is 0.0469 e. The van der Waals surface area contributed by atoms with Crippen molar-refractivity contribution in [2.45, 2.75) is 13.1 Å². The van der Waals surface area contributed by atoms with Gasteiger partial charge in [-0.15, -0.1) is 23.5 Å². The molecule has 1 aliphatic rings. The molecule has 26 heavy (non-hydrogen) atoms. The SMILES string of the molecule is C=Cc1cccc(CN2CSCN(Cc3cccc(C=S)c3)CSC2)c1. The van der Waals surface area contributed by atoms with E-state index in [2.05, 4.69) is 64.9 Å². The first-order chi connectivity index (χ1) is 12.8. The fraction of sp³-hybridized carbons (Fsp3) is 0.286. The van der Waals surface area contributed by atoms with Gasteiger partial charge in [-0.05, 0) is 28.3 Å². The second kappa shape index (κ2) is 10.3. The van der Waals surface area contributed by atoms with Crippen LogP contribution in [0.15, 0.2) is 55.1 Å². The topological polar surface area (TPSA) is 6.48 Å². The number of thiocarbonyl (C=S) groups is 1. The zero-order chi connectivity index (χ0) is 18.2. The van der Waals surface area contributed by atoms with Gasteiger partial charge in [0.2, 0.25) is 0 Å². The van der Waals surface area contributed by atoms with Crippen molar-refractivity contribution in [2.75, 3.05) is 23.5 Å². The van der Waals surface area contributed by atoms with E-state index >= 15 is 0 Å². The summed E-state index contributed by atoms with van der Waals surface area (Å²) in [5, 5.41) is 1.75. The Hall–Kier alpha value is -1.11. The monoisotopic (exact) mass is 400 g/mol. The van der Waals surface area contributed by atoms with Gasteiger partial charge in [-0.1, -0.05) is 67.3 Å². The first-order valence-electron chi connectivity index (χ1n) is 8.62. The average molecular weight is 401 g/mol. The Morgan fingerprint density at radius 3 is 1.85 bits per heavy atom. The van der Waals surface area contributed by atoms with E-state index in [1.807, 2.05) is 29.6 Å². The highest BCUT2D eigenvalue weighted by molar-refractivity contribution is 8.00. The Labute approximate surface area is 170 Å². The fourth-order valence-corrected chi connectivity index (χ4v) is 5.26. The lowest BCUT2D eigenvalue weighted by Gasteiger charge is -2.29. The van der Waals surface area contributed by atoms with Gasteiger partial charge in [0.15, 0.2) is 0 Å². The summed E-state index contributed by atoms with van der Waals surface area (Å²) >= 11 is 9.03. The molecule has 0 amide bonds. The average Bonchev–Trinajstić information content (AvgIpc) is 2.66. The number of hydrogen-bond donors (Lipinski definition) is 0. The molecule has 1 fully saturated rings. The first-order valence-corrected chi connectivity index (χ1v) is 11.4. The second-order valence-electron chi connectivity index (χ2n) is 6.39. The van der Waals surface area contributed by atoms with Gasteiger partial charge < -0.3 is 0 Å². The van der Waals surface area contributed by atoms with Crippen molar-refractivity contribution in [1.82, 2.24) is 9.80 Å². The van der Waals surface area contributed by atoms with Crippen LogP contribution in [-0.2, 0) is 13.1 Å². The molecule has 3 rings (SSSR count). The van der Waals surface area contributed by atoms with Crippen LogP contribution in [-0.4, -0.2) is 38.7 Å². The molecule has 136 valence electrons. The summed E-state index contributed by atoms with van der Waals surface area (Å²) < 4.78 is 0. The van der Waals surface area contributed by atoms with E-state index in [9.17, 15) is 0 Å². The maximum atomic E-state index is 5.05. The van der Waals surface area contributed by atoms with Crippen molar-refractivity contribution in [3.63, 3.8) is 0 Å². The van der Waals surface area contributed by atoms with Crippen LogP contribution in [0.4, 0.5) is 0 Å². The molecule has 0 aromatic heterocycles. The molecule has 2 aromatic rings. The third kappa shape index (κ3) is 5.96. The molecule has 0 saturated carbocycles. The number of rotatable bonds is 6. The zero-order valence-electron chi connectivity index (χ0n) is 14.8. The van der Waals surface area contributed by atoms with Gasteiger partial charge in [-0.25, -0.2) is 0 Å². The normalized spacial score (nSPS) is 16.6. The maximum Gasteiger partial charge on any atom is 0.0469 e. The summed E-state index contributed by atoms with van der Waals surface area (Å²) in [7, 11) is 0. The molecule has 2 aromatic carbocycles. The van der Waals surface area contributed by atoms with Crippen molar-refractivity contribution in [3.05, 3.63) is 77.4 Å². The largest absolute Gasteiger partial charge is 0.281 e. The van der Waals surface area contributed by atoms with Crippen LogP contribution in [0.3, 0.4) is 0 Å². The quantitative estimate of drug-likeness (QED) is 0.606. The maximum absolute atomic E-state index is 5.05. The summed E-state index contributed by atoms with van der Waals surface area (Å²) in [6.45, 7) is 5.85. The van der Waals surface area contributed by atoms with Crippen LogP contribution in [0, 0.1) is 0 Å². The van der Waals surface area contributed by atoms with Gasteiger partial charge in [0.05, 0.1) is 0 Å². The van der Waals surface area contributed by atoms with Crippen molar-refractivity contribution in [3.8, 4) is 0 Å². The predicted octanol–water partition coefficient (Wildman–Crippen LogP) is 5.29. The Morgan fingerprint density at radius 2 is 1.35 bits per heavy atom. The third-order valence-corrected chi connectivity index (χ3v) is 6.64. The standard InChI is InChI=1S/C21H24N2S3/c1-2-18-5-3-6-19(9-18)11-22-14-25-16-23(17-26-15-22)12-20-7-4-8-21(10-20)13-24/h2-10,13H,1,11-12,14-17H2. The van der Waals surface area contributed by atoms with Gasteiger partial charge >= 0.3 is 0 Å². The molecule has 1 heterocycles. The Morgan fingerprint density at radius 1 is 0.846 bits per heavy atom. The van der Waals surface area contributed by atoms with Gasteiger partial charge in [0.25, 0.3) is 0 Å². The van der Waals surface area contributed by atoms with Gasteiger partial charge in [0, 0.05) is 42.0 Å². The molecule has 2 nitrogen and oxygen atoms in total. The molecule has 0 atom stereocenters. The molecular formula is C21H24N2S3. The Bertz CT molecular complexity index is 676. The lowest BCUT2D eigenvalue weighted by atomic mass is 10.1. The Balaban J connectivity index is 1.51. The number of benzene rings is 2. The van der Waals surface area contributed by atoms with Gasteiger partial charge in [-0.2, -0.15) is 0 Å². The lowest BCUT2D eigenvalue weighted by Crippen LogP contribution is -2.31. The molecule has 0 aliphatic carbocycles. The van der Waals surface area contributed by atoms with E-state index in [4.69, 9.17) is 12.2 Å². The molecule has 5 heteroatoms. The number of thioether (sulfide) groups is 2. The number of nitrogens with zero attached hydrogens (tertiary/aromatic N) is 2. The van der Waals surface area contributed by atoms with Crippen LogP contribution in [0.25, 0.3) is 6.08 Å². The minimum absolute atomic E-state index is 0.985. The van der Waals surface area contributed by atoms with Gasteiger partial charge in [0.1, 0.15) is 0 Å². The summed E-state index contributed by atoms with van der Waals surface area (Å²) in [5.74, 6) is 4.22. The second-order valence-corrected chi connectivity index (χ2v) is 8.48. The summed E-state index contributed by atoms with van der Waals surface area (Å²) in [4.78, 5) is 5.02. The highest BCUT2D eigenvalue weighted by Gasteiger charge is 2.14. The molecular weight excluding hydrogens is 376 g/mol. The van der Waals surface area contributed by atoms with Crippen molar-refractivity contribution in [1.29, 1.82) is 0 Å². The Kier molecular flexibility index (Phi) is 7.77. The molecule has 0 unspecified atom stereocenters. The fourth-order valence-electron chi connectivity index (χ4n) is 2.95. The van der Waals surface area contributed by atoms with E-state index in [0.29, 0.717) is 0 Å². The van der Waals surface area contributed by atoms with Crippen LogP contribution in [0.2, 0.25) is 0 Å². The molecule has 0 radical (unpaired) electrons. The molecule has 0 N–H and O–H groups in total. The third-order valence-electron chi connectivity index (χ3n) is 4.18. The van der Waals surface area contributed by atoms with Crippen LogP contribution in [0.5, 0.6) is 0 Å². The summed E-state index contributed by atoms with van der Waals surface area (Å²) in [6.07, 6.45) is 1.91. The van der Waals surface area contributed by atoms with E-state index in [-0.39, 0.29) is 0 Å². The lowest BCUT2D eigenvalue weighted by molar-refractivity contribution is 0.341. The molecule has 0 bridgehead atoms. The highest BCUT2D eigenvalue weighted by atomic mass is 32.2. The minimum atomic E-state index is 0.985. The first kappa shape index (κ1) is 19.6. The van der Waals surface area contributed by atoms with Crippen molar-refractivity contribution >= 4 is 47.2 Å². The summed E-state index contributed by atoms with van der Waals surface area (Å²) in [5.41, 5.74) is 5.01. The van der Waals surface area contributed by atoms with Crippen molar-refractivity contribution in [2.24, 2.45) is 0 Å². The molecule has 1 saturated heterocycles. The minimum Gasteiger partial charge on any atom is -0.281 e. The highest BCUT2D eigenvalue weighted by Crippen LogP contribution is 2.22. The number of hydrogen-bond acceptors (Lipinski definition) is 5. The van der Waals surface area contributed by atoms with Crippen LogP contribution in [0.1, 0.15) is 22.3 Å². The zero-order valence-corrected chi connectivity index (χ0v) is 17.3. The van der Waals surface area contributed by atoms with Crippen molar-refractivity contribution < 1.29 is 0 Å². The molecule has 1 aliphatic heterocycles. The van der Waals surface area contributed by atoms with E-state index in [1.54, 1.807) is 5.37 Å². The van der Waals surface area contributed by atoms with Gasteiger partial charge in [-0.3, -0.25) is 9.80 Å². The molecule has 0 spiro atoms. The summed E-state index contributed by atoms with van der Waals surface area (Å²) in [6, 6.07) is 17.2. The van der Waals surface area contributed by atoms with E-state index < -0.39 is 0 Å². The van der Waals surface area contributed by atoms with E-state index in [0.717, 1.165) is 42.2 Å². The van der Waals surface area contributed by atoms with Crippen LogP contribution < -0.4 is 0 Å². The van der Waals surface area contributed by atoms with E-state index in [1.165, 1.54) is 16.7 Å². The van der Waals surface area contributed by atoms with Crippen LogP contribution >= 0.6 is 35.7 Å².